The van der Waals surface area contributed by atoms with Gasteiger partial charge in [-0.3, -0.25) is 4.79 Å². The zero-order valence-corrected chi connectivity index (χ0v) is 13.2. The van der Waals surface area contributed by atoms with Crippen molar-refractivity contribution in [3.05, 3.63) is 35.4 Å². The van der Waals surface area contributed by atoms with Crippen molar-refractivity contribution < 1.29 is 14.7 Å². The molecule has 0 atom stereocenters. The average molecular weight is 304 g/mol. The molecule has 0 aliphatic heterocycles. The number of amides is 2. The van der Waals surface area contributed by atoms with Gasteiger partial charge in [0.25, 0.3) is 0 Å². The molecule has 0 saturated heterocycles. The van der Waals surface area contributed by atoms with Crippen molar-refractivity contribution in [2.75, 3.05) is 7.05 Å². The molecule has 1 aliphatic carbocycles. The Balaban J connectivity index is 1.79. The van der Waals surface area contributed by atoms with Crippen molar-refractivity contribution in [1.82, 2.24) is 10.2 Å². The fourth-order valence-electron chi connectivity index (χ4n) is 2.81. The van der Waals surface area contributed by atoms with Crippen LogP contribution in [0.25, 0.3) is 0 Å². The Kier molecular flexibility index (Phi) is 5.41. The molecule has 1 aliphatic rings. The van der Waals surface area contributed by atoms with Crippen LogP contribution in [0.4, 0.5) is 4.79 Å². The number of carbonyl (C=O) groups is 2. The smallest absolute Gasteiger partial charge is 0.317 e. The molecule has 0 bridgehead atoms. The zero-order chi connectivity index (χ0) is 16.1. The minimum Gasteiger partial charge on any atom is -0.481 e. The second kappa shape index (κ2) is 7.29. The molecular formula is C17H24N2O3. The molecule has 0 unspecified atom stereocenters. The number of nitrogens with zero attached hydrogens (tertiary/aromatic N) is 1. The Morgan fingerprint density at radius 1 is 1.18 bits per heavy atom. The van der Waals surface area contributed by atoms with Gasteiger partial charge in [-0.2, -0.15) is 0 Å². The van der Waals surface area contributed by atoms with Crippen molar-refractivity contribution in [1.29, 1.82) is 0 Å². The van der Waals surface area contributed by atoms with Crippen LogP contribution in [0.1, 0.15) is 36.8 Å². The summed E-state index contributed by atoms with van der Waals surface area (Å²) in [6.45, 7) is 2.60. The maximum Gasteiger partial charge on any atom is 0.317 e. The summed E-state index contributed by atoms with van der Waals surface area (Å²) in [6.07, 6.45) is 2.76. The molecular weight excluding hydrogens is 280 g/mol. The fraction of sp³-hybridized carbons (Fsp3) is 0.529. The fourth-order valence-corrected chi connectivity index (χ4v) is 2.81. The number of hydrogen-bond acceptors (Lipinski definition) is 2. The molecule has 1 aromatic rings. The number of carbonyl (C=O) groups excluding carboxylic acids is 1. The molecule has 120 valence electrons. The van der Waals surface area contributed by atoms with Crippen LogP contribution in [0, 0.1) is 12.8 Å². The summed E-state index contributed by atoms with van der Waals surface area (Å²) in [5.74, 6) is -0.972. The van der Waals surface area contributed by atoms with Gasteiger partial charge in [-0.05, 0) is 38.2 Å². The van der Waals surface area contributed by atoms with E-state index in [2.05, 4.69) is 5.32 Å². The number of hydrogen-bond donors (Lipinski definition) is 2. The second-order valence-electron chi connectivity index (χ2n) is 6.18. The largest absolute Gasteiger partial charge is 0.481 e. The van der Waals surface area contributed by atoms with Crippen molar-refractivity contribution in [2.24, 2.45) is 5.92 Å². The highest BCUT2D eigenvalue weighted by Gasteiger charge is 2.27. The number of benzene rings is 1. The molecule has 2 amide bonds. The van der Waals surface area contributed by atoms with Crippen molar-refractivity contribution in [3.63, 3.8) is 0 Å². The Bertz CT molecular complexity index is 519. The lowest BCUT2D eigenvalue weighted by Gasteiger charge is -2.28. The van der Waals surface area contributed by atoms with E-state index in [-0.39, 0.29) is 18.0 Å². The highest BCUT2D eigenvalue weighted by Crippen LogP contribution is 2.24. The molecule has 5 nitrogen and oxygen atoms in total. The number of carboxylic acid groups (broad SMARTS) is 1. The number of aliphatic carboxylic acids is 1. The summed E-state index contributed by atoms with van der Waals surface area (Å²) in [5.41, 5.74) is 2.30. The summed E-state index contributed by atoms with van der Waals surface area (Å²) >= 11 is 0. The van der Waals surface area contributed by atoms with E-state index in [1.165, 1.54) is 5.56 Å². The number of urea groups is 1. The Morgan fingerprint density at radius 3 is 2.32 bits per heavy atom. The first-order valence-corrected chi connectivity index (χ1v) is 7.75. The topological polar surface area (TPSA) is 69.6 Å². The van der Waals surface area contributed by atoms with E-state index in [1.807, 2.05) is 31.2 Å². The lowest BCUT2D eigenvalue weighted by atomic mass is 9.86. The number of carboxylic acids is 1. The lowest BCUT2D eigenvalue weighted by molar-refractivity contribution is -0.142. The van der Waals surface area contributed by atoms with Crippen LogP contribution in [0.2, 0.25) is 0 Å². The van der Waals surface area contributed by atoms with Gasteiger partial charge >= 0.3 is 12.0 Å². The van der Waals surface area contributed by atoms with Gasteiger partial charge < -0.3 is 15.3 Å². The molecule has 1 fully saturated rings. The van der Waals surface area contributed by atoms with Gasteiger partial charge in [0.15, 0.2) is 0 Å². The normalized spacial score (nSPS) is 21.2. The molecule has 0 heterocycles. The molecule has 22 heavy (non-hydrogen) atoms. The molecule has 0 spiro atoms. The molecule has 1 saturated carbocycles. The van der Waals surface area contributed by atoms with Crippen LogP contribution in [0.3, 0.4) is 0 Å². The number of aryl methyl sites for hydroxylation is 1. The van der Waals surface area contributed by atoms with Crippen molar-refractivity contribution in [3.8, 4) is 0 Å². The molecule has 0 aromatic heterocycles. The van der Waals surface area contributed by atoms with E-state index < -0.39 is 5.97 Å². The Labute approximate surface area is 131 Å². The minimum atomic E-state index is -0.721. The third kappa shape index (κ3) is 4.48. The standard InChI is InChI=1S/C17H24N2O3/c1-12-3-5-13(6-4-12)11-19(2)17(22)18-15-9-7-14(8-10-15)16(20)21/h3-6,14-15H,7-11H2,1-2H3,(H,18,22)(H,20,21). The highest BCUT2D eigenvalue weighted by molar-refractivity contribution is 5.74. The minimum absolute atomic E-state index is 0.0866. The Morgan fingerprint density at radius 2 is 1.77 bits per heavy atom. The Hall–Kier alpha value is -2.04. The van der Waals surface area contributed by atoms with Crippen LogP contribution in [-0.2, 0) is 11.3 Å². The van der Waals surface area contributed by atoms with Crippen LogP contribution >= 0.6 is 0 Å². The van der Waals surface area contributed by atoms with Gasteiger partial charge in [-0.15, -0.1) is 0 Å². The van der Waals surface area contributed by atoms with Gasteiger partial charge in [0.2, 0.25) is 0 Å². The number of rotatable bonds is 4. The monoisotopic (exact) mass is 304 g/mol. The number of nitrogens with one attached hydrogen (secondary N) is 1. The summed E-state index contributed by atoms with van der Waals surface area (Å²) < 4.78 is 0. The summed E-state index contributed by atoms with van der Waals surface area (Å²) in [5, 5.41) is 12.0. The maximum atomic E-state index is 12.2. The van der Waals surface area contributed by atoms with Crippen molar-refractivity contribution in [2.45, 2.75) is 45.2 Å². The quantitative estimate of drug-likeness (QED) is 0.898. The van der Waals surface area contributed by atoms with Crippen LogP contribution in [0.5, 0.6) is 0 Å². The summed E-state index contributed by atoms with van der Waals surface area (Å²) in [4.78, 5) is 24.8. The first kappa shape index (κ1) is 16.3. The summed E-state index contributed by atoms with van der Waals surface area (Å²) in [6, 6.07) is 8.11. The maximum absolute atomic E-state index is 12.2. The second-order valence-corrected chi connectivity index (χ2v) is 6.18. The average Bonchev–Trinajstić information content (AvgIpc) is 2.50. The third-order valence-electron chi connectivity index (χ3n) is 4.29. The molecule has 5 heteroatoms. The predicted octanol–water partition coefficient (Wildman–Crippen LogP) is 2.78. The van der Waals surface area contributed by atoms with E-state index >= 15 is 0 Å². The molecule has 0 radical (unpaired) electrons. The first-order chi connectivity index (χ1) is 10.5. The van der Waals surface area contributed by atoms with Gasteiger partial charge in [-0.1, -0.05) is 29.8 Å². The highest BCUT2D eigenvalue weighted by atomic mass is 16.4. The van der Waals surface area contributed by atoms with Crippen LogP contribution in [-0.4, -0.2) is 35.1 Å². The predicted molar refractivity (Wildman–Crippen MR) is 84.6 cm³/mol. The van der Waals surface area contributed by atoms with E-state index in [0.717, 1.165) is 18.4 Å². The first-order valence-electron chi connectivity index (χ1n) is 7.75. The van der Waals surface area contributed by atoms with Crippen LogP contribution in [0.15, 0.2) is 24.3 Å². The zero-order valence-electron chi connectivity index (χ0n) is 13.2. The van der Waals surface area contributed by atoms with Crippen LogP contribution < -0.4 is 5.32 Å². The van der Waals surface area contributed by atoms with Gasteiger partial charge in [-0.25, -0.2) is 4.79 Å². The van der Waals surface area contributed by atoms with Gasteiger partial charge in [0, 0.05) is 19.6 Å². The van der Waals surface area contributed by atoms with Crippen molar-refractivity contribution >= 4 is 12.0 Å². The van der Waals surface area contributed by atoms with E-state index in [9.17, 15) is 9.59 Å². The van der Waals surface area contributed by atoms with E-state index in [0.29, 0.717) is 19.4 Å². The van der Waals surface area contributed by atoms with Gasteiger partial charge in [0.05, 0.1) is 5.92 Å². The molecule has 1 aromatic carbocycles. The van der Waals surface area contributed by atoms with E-state index in [4.69, 9.17) is 5.11 Å². The van der Waals surface area contributed by atoms with E-state index in [1.54, 1.807) is 11.9 Å². The molecule has 2 rings (SSSR count). The SMILES string of the molecule is Cc1ccc(CN(C)C(=O)NC2CCC(C(=O)O)CC2)cc1. The molecule has 2 N–H and O–H groups in total. The van der Waals surface area contributed by atoms with Gasteiger partial charge in [0.1, 0.15) is 0 Å². The summed E-state index contributed by atoms with van der Waals surface area (Å²) in [7, 11) is 1.78. The third-order valence-corrected chi connectivity index (χ3v) is 4.29. The lowest BCUT2D eigenvalue weighted by Crippen LogP contribution is -2.44.